The zero-order valence-electron chi connectivity index (χ0n) is 15.1. The van der Waals surface area contributed by atoms with Gasteiger partial charge in [-0.3, -0.25) is 4.79 Å². The minimum Gasteiger partial charge on any atom is -0.322 e. The number of halogens is 2. The molecule has 6 rings (SSSR count). The molecule has 0 radical (unpaired) electrons. The van der Waals surface area contributed by atoms with Crippen molar-refractivity contribution in [3.05, 3.63) is 57.8 Å². The SMILES string of the molecule is O=C(Nc1ccc(C23CC4CC(CC(C4)C2)C3)cc1)c1cnc(Cl)c(Cl)c1. The van der Waals surface area contributed by atoms with Crippen molar-refractivity contribution >= 4 is 34.8 Å². The van der Waals surface area contributed by atoms with Crippen molar-refractivity contribution in [1.29, 1.82) is 0 Å². The van der Waals surface area contributed by atoms with E-state index in [0.29, 0.717) is 11.0 Å². The van der Waals surface area contributed by atoms with E-state index >= 15 is 0 Å². The first kappa shape index (κ1) is 17.5. The third-order valence-electron chi connectivity index (χ3n) is 6.85. The third kappa shape index (κ3) is 3.15. The Balaban J connectivity index is 1.33. The van der Waals surface area contributed by atoms with Crippen LogP contribution in [0.2, 0.25) is 10.2 Å². The fourth-order valence-corrected chi connectivity index (χ4v) is 6.39. The summed E-state index contributed by atoms with van der Waals surface area (Å²) in [7, 11) is 0. The molecule has 1 amide bonds. The summed E-state index contributed by atoms with van der Waals surface area (Å²) in [5, 5.41) is 3.41. The van der Waals surface area contributed by atoms with Crippen molar-refractivity contribution in [2.45, 2.75) is 43.9 Å². The fourth-order valence-electron chi connectivity index (χ4n) is 6.12. The zero-order chi connectivity index (χ0) is 18.6. The first-order valence-corrected chi connectivity index (χ1v) is 10.5. The van der Waals surface area contributed by atoms with Gasteiger partial charge in [-0.2, -0.15) is 0 Å². The molecule has 4 aliphatic carbocycles. The lowest BCUT2D eigenvalue weighted by molar-refractivity contribution is -0.00518. The van der Waals surface area contributed by atoms with Crippen molar-refractivity contribution in [3.8, 4) is 0 Å². The van der Waals surface area contributed by atoms with Gasteiger partial charge in [-0.1, -0.05) is 35.3 Å². The number of carbonyl (C=O) groups excluding carboxylic acids is 1. The first-order chi connectivity index (χ1) is 13.0. The quantitative estimate of drug-likeness (QED) is 0.631. The molecule has 4 aliphatic rings. The van der Waals surface area contributed by atoms with Crippen LogP contribution in [0.25, 0.3) is 0 Å². The molecule has 4 saturated carbocycles. The van der Waals surface area contributed by atoms with Crippen molar-refractivity contribution < 1.29 is 4.79 Å². The molecular formula is C22H22Cl2N2O. The molecule has 27 heavy (non-hydrogen) atoms. The number of rotatable bonds is 3. The smallest absolute Gasteiger partial charge is 0.257 e. The van der Waals surface area contributed by atoms with Crippen LogP contribution in [0.15, 0.2) is 36.5 Å². The maximum absolute atomic E-state index is 12.4. The average molecular weight is 401 g/mol. The summed E-state index contributed by atoms with van der Waals surface area (Å²) >= 11 is 11.8. The van der Waals surface area contributed by atoms with E-state index in [9.17, 15) is 4.79 Å². The molecule has 5 heteroatoms. The molecule has 1 aromatic carbocycles. The Labute approximate surface area is 169 Å². The Hall–Kier alpha value is -1.58. The van der Waals surface area contributed by atoms with Crippen LogP contribution in [0.1, 0.15) is 54.4 Å². The van der Waals surface area contributed by atoms with Crippen LogP contribution >= 0.6 is 23.2 Å². The lowest BCUT2D eigenvalue weighted by Gasteiger charge is -2.57. The summed E-state index contributed by atoms with van der Waals surface area (Å²) in [6.07, 6.45) is 9.83. The van der Waals surface area contributed by atoms with Gasteiger partial charge in [0.1, 0.15) is 5.15 Å². The zero-order valence-corrected chi connectivity index (χ0v) is 16.6. The monoisotopic (exact) mass is 400 g/mol. The second-order valence-corrected chi connectivity index (χ2v) is 9.49. The highest BCUT2D eigenvalue weighted by molar-refractivity contribution is 6.41. The fraction of sp³-hybridized carbons (Fsp3) is 0.455. The molecule has 2 aromatic rings. The van der Waals surface area contributed by atoms with Crippen molar-refractivity contribution in [2.75, 3.05) is 5.32 Å². The summed E-state index contributed by atoms with van der Waals surface area (Å²) in [6, 6.07) is 10.0. The van der Waals surface area contributed by atoms with Crippen molar-refractivity contribution in [3.63, 3.8) is 0 Å². The summed E-state index contributed by atoms with van der Waals surface area (Å²) in [5.41, 5.74) is 3.02. The summed E-state index contributed by atoms with van der Waals surface area (Å²) < 4.78 is 0. The Morgan fingerprint density at radius 1 is 1.00 bits per heavy atom. The minimum atomic E-state index is -0.233. The molecular weight excluding hydrogens is 379 g/mol. The van der Waals surface area contributed by atoms with Crippen molar-refractivity contribution in [2.24, 2.45) is 17.8 Å². The predicted molar refractivity (Wildman–Crippen MR) is 109 cm³/mol. The number of nitrogens with one attached hydrogen (secondary N) is 1. The number of hydrogen-bond donors (Lipinski definition) is 1. The van der Waals surface area contributed by atoms with Crippen LogP contribution in [0.3, 0.4) is 0 Å². The number of nitrogens with zero attached hydrogens (tertiary/aromatic N) is 1. The normalized spacial score (nSPS) is 31.1. The third-order valence-corrected chi connectivity index (χ3v) is 7.54. The van der Waals surface area contributed by atoms with Crippen LogP contribution < -0.4 is 5.32 Å². The predicted octanol–water partition coefficient (Wildman–Crippen LogP) is 6.11. The minimum absolute atomic E-state index is 0.202. The molecule has 4 bridgehead atoms. The number of pyridine rings is 1. The van der Waals surface area contributed by atoms with Crippen LogP contribution in [-0.2, 0) is 5.41 Å². The highest BCUT2D eigenvalue weighted by atomic mass is 35.5. The maximum atomic E-state index is 12.4. The molecule has 0 atom stereocenters. The number of anilines is 1. The lowest BCUT2D eigenvalue weighted by atomic mass is 9.48. The van der Waals surface area contributed by atoms with Gasteiger partial charge in [0, 0.05) is 11.9 Å². The molecule has 1 heterocycles. The Morgan fingerprint density at radius 2 is 1.59 bits per heavy atom. The summed E-state index contributed by atoms with van der Waals surface area (Å²) in [4.78, 5) is 16.4. The lowest BCUT2D eigenvalue weighted by Crippen LogP contribution is -2.48. The van der Waals surface area contributed by atoms with Crippen molar-refractivity contribution in [1.82, 2.24) is 4.98 Å². The number of aromatic nitrogens is 1. The molecule has 1 N–H and O–H groups in total. The second kappa shape index (κ2) is 6.49. The number of benzene rings is 1. The van der Waals surface area contributed by atoms with Crippen LogP contribution in [0.5, 0.6) is 0 Å². The number of hydrogen-bond acceptors (Lipinski definition) is 2. The van der Waals surface area contributed by atoms with Gasteiger partial charge in [-0.25, -0.2) is 4.98 Å². The Kier molecular flexibility index (Phi) is 4.21. The van der Waals surface area contributed by atoms with Crippen LogP contribution in [0.4, 0.5) is 5.69 Å². The summed E-state index contributed by atoms with van der Waals surface area (Å²) in [5.74, 6) is 2.55. The van der Waals surface area contributed by atoms with E-state index in [1.54, 1.807) is 0 Å². The molecule has 0 saturated heterocycles. The highest BCUT2D eigenvalue weighted by Gasteiger charge is 2.51. The largest absolute Gasteiger partial charge is 0.322 e. The number of amides is 1. The average Bonchev–Trinajstić information content (AvgIpc) is 2.63. The first-order valence-electron chi connectivity index (χ1n) is 9.74. The second-order valence-electron chi connectivity index (χ2n) is 8.73. The molecule has 0 unspecified atom stereocenters. The van der Waals surface area contributed by atoms with Gasteiger partial charge >= 0.3 is 0 Å². The van der Waals surface area contributed by atoms with E-state index in [4.69, 9.17) is 23.2 Å². The van der Waals surface area contributed by atoms with Gasteiger partial charge in [0.2, 0.25) is 0 Å². The van der Waals surface area contributed by atoms with E-state index in [2.05, 4.69) is 22.4 Å². The molecule has 3 nitrogen and oxygen atoms in total. The topological polar surface area (TPSA) is 42.0 Å². The number of carbonyl (C=O) groups is 1. The van der Waals surface area contributed by atoms with E-state index < -0.39 is 0 Å². The van der Waals surface area contributed by atoms with Gasteiger partial charge < -0.3 is 5.32 Å². The molecule has 140 valence electrons. The van der Waals surface area contributed by atoms with E-state index in [0.717, 1.165) is 23.4 Å². The van der Waals surface area contributed by atoms with Gasteiger partial charge in [0.25, 0.3) is 5.91 Å². The molecule has 0 aliphatic heterocycles. The summed E-state index contributed by atoms with van der Waals surface area (Å²) in [6.45, 7) is 0. The van der Waals surface area contributed by atoms with Gasteiger partial charge in [0.05, 0.1) is 10.6 Å². The van der Waals surface area contributed by atoms with E-state index in [1.165, 1.54) is 56.4 Å². The Morgan fingerprint density at radius 3 is 2.15 bits per heavy atom. The van der Waals surface area contributed by atoms with E-state index in [-0.39, 0.29) is 16.1 Å². The molecule has 0 spiro atoms. The molecule has 4 fully saturated rings. The van der Waals surface area contributed by atoms with E-state index in [1.807, 2.05) is 12.1 Å². The van der Waals surface area contributed by atoms with Crippen LogP contribution in [-0.4, -0.2) is 10.9 Å². The van der Waals surface area contributed by atoms with Gasteiger partial charge in [0.15, 0.2) is 0 Å². The maximum Gasteiger partial charge on any atom is 0.257 e. The highest BCUT2D eigenvalue weighted by Crippen LogP contribution is 2.60. The standard InChI is InChI=1S/C22H22Cl2N2O/c23-19-8-16(12-25-20(19)24)21(27)26-18-3-1-17(2-4-18)22-9-13-5-14(10-22)7-15(6-13)11-22/h1-4,8,12-15H,5-7,9-11H2,(H,26,27). The van der Waals surface area contributed by atoms with Gasteiger partial charge in [-0.15, -0.1) is 0 Å². The Bertz CT molecular complexity index is 858. The molecule has 1 aromatic heterocycles. The van der Waals surface area contributed by atoms with Crippen LogP contribution in [0, 0.1) is 17.8 Å². The van der Waals surface area contributed by atoms with Gasteiger partial charge in [-0.05, 0) is 85.5 Å².